The summed E-state index contributed by atoms with van der Waals surface area (Å²) in [7, 11) is -1.35. The van der Waals surface area contributed by atoms with E-state index in [1.165, 1.54) is 10.8 Å². The maximum Gasteiger partial charge on any atom is 0.154 e. The summed E-state index contributed by atoms with van der Waals surface area (Å²) in [6.07, 6.45) is 3.00. The Hall–Kier alpha value is -0.373. The first kappa shape index (κ1) is 9.71. The van der Waals surface area contributed by atoms with Crippen molar-refractivity contribution in [2.45, 2.75) is 45.8 Å². The standard InChI is InChI=1S/C10H18OSi/c1-8-6-5-7-9(11)10(8)12(2,3)4/h5-7H2,1-4H3. The Labute approximate surface area is 75.9 Å². The largest absolute Gasteiger partial charge is 0.295 e. The minimum absolute atomic E-state index is 0.429. The highest BCUT2D eigenvalue weighted by Gasteiger charge is 2.29. The quantitative estimate of drug-likeness (QED) is 0.570. The number of hydrogen-bond donors (Lipinski definition) is 0. The maximum absolute atomic E-state index is 11.6. The molecule has 0 atom stereocenters. The third-order valence-electron chi connectivity index (χ3n) is 2.41. The molecule has 1 aliphatic carbocycles. The Morgan fingerprint density at radius 2 is 1.75 bits per heavy atom. The molecule has 0 fully saturated rings. The average molecular weight is 182 g/mol. The molecule has 0 aromatic carbocycles. The number of Topliss-reactive ketones (excluding diaryl/α,β-unsaturated/α-hetero) is 1. The van der Waals surface area contributed by atoms with Crippen LogP contribution in [-0.2, 0) is 4.79 Å². The van der Waals surface area contributed by atoms with Crippen molar-refractivity contribution in [3.8, 4) is 0 Å². The maximum atomic E-state index is 11.6. The Balaban J connectivity index is 3.05. The Kier molecular flexibility index (Phi) is 2.57. The molecule has 1 rings (SSSR count). The van der Waals surface area contributed by atoms with Gasteiger partial charge in [0.05, 0.1) is 8.07 Å². The summed E-state index contributed by atoms with van der Waals surface area (Å²) in [5, 5.41) is 1.22. The zero-order valence-corrected chi connectivity index (χ0v) is 9.53. The molecule has 68 valence electrons. The van der Waals surface area contributed by atoms with Crippen LogP contribution in [0.25, 0.3) is 0 Å². The summed E-state index contributed by atoms with van der Waals surface area (Å²) in [4.78, 5) is 11.6. The van der Waals surface area contributed by atoms with Crippen LogP contribution in [0.15, 0.2) is 10.8 Å². The van der Waals surface area contributed by atoms with Gasteiger partial charge in [-0.15, -0.1) is 0 Å². The van der Waals surface area contributed by atoms with Gasteiger partial charge in [0, 0.05) is 6.42 Å². The lowest BCUT2D eigenvalue weighted by molar-refractivity contribution is -0.115. The average Bonchev–Trinajstić information content (AvgIpc) is 1.82. The second kappa shape index (κ2) is 3.17. The smallest absolute Gasteiger partial charge is 0.154 e. The molecule has 0 aliphatic heterocycles. The highest BCUT2D eigenvalue weighted by atomic mass is 28.3. The van der Waals surface area contributed by atoms with Gasteiger partial charge in [0.1, 0.15) is 0 Å². The van der Waals surface area contributed by atoms with E-state index in [4.69, 9.17) is 0 Å². The molecule has 0 radical (unpaired) electrons. The van der Waals surface area contributed by atoms with Crippen LogP contribution in [0.4, 0.5) is 0 Å². The van der Waals surface area contributed by atoms with Crippen molar-refractivity contribution in [3.63, 3.8) is 0 Å². The lowest BCUT2D eigenvalue weighted by Gasteiger charge is -2.26. The van der Waals surface area contributed by atoms with Crippen LogP contribution < -0.4 is 0 Å². The molecule has 0 heterocycles. The van der Waals surface area contributed by atoms with E-state index in [2.05, 4.69) is 26.6 Å². The molecular formula is C10H18OSi. The summed E-state index contributed by atoms with van der Waals surface area (Å²) in [5.41, 5.74) is 1.37. The van der Waals surface area contributed by atoms with Crippen LogP contribution in [-0.4, -0.2) is 13.9 Å². The third kappa shape index (κ3) is 1.86. The number of allylic oxidation sites excluding steroid dienone is 2. The predicted molar refractivity (Wildman–Crippen MR) is 54.9 cm³/mol. The van der Waals surface area contributed by atoms with Crippen molar-refractivity contribution < 1.29 is 4.79 Å². The molecule has 0 aromatic rings. The molecule has 0 amide bonds. The van der Waals surface area contributed by atoms with Crippen molar-refractivity contribution in [1.29, 1.82) is 0 Å². The summed E-state index contributed by atoms with van der Waals surface area (Å²) in [5.74, 6) is 0.429. The third-order valence-corrected chi connectivity index (χ3v) is 4.62. The van der Waals surface area contributed by atoms with E-state index < -0.39 is 8.07 Å². The molecule has 1 aliphatic rings. The van der Waals surface area contributed by atoms with E-state index >= 15 is 0 Å². The minimum atomic E-state index is -1.35. The molecule has 0 N–H and O–H groups in total. The fourth-order valence-corrected chi connectivity index (χ4v) is 4.43. The molecule has 0 bridgehead atoms. The number of rotatable bonds is 1. The number of ketones is 1. The van der Waals surface area contributed by atoms with Crippen molar-refractivity contribution in [1.82, 2.24) is 0 Å². The van der Waals surface area contributed by atoms with Crippen LogP contribution in [0.3, 0.4) is 0 Å². The molecule has 1 nitrogen and oxygen atoms in total. The normalized spacial score (nSPS) is 20.2. The van der Waals surface area contributed by atoms with Crippen molar-refractivity contribution in [2.24, 2.45) is 0 Å². The number of carbonyl (C=O) groups is 1. The van der Waals surface area contributed by atoms with Crippen molar-refractivity contribution >= 4 is 13.9 Å². The van der Waals surface area contributed by atoms with Gasteiger partial charge < -0.3 is 0 Å². The summed E-state index contributed by atoms with van der Waals surface area (Å²) in [6, 6.07) is 0. The van der Waals surface area contributed by atoms with E-state index in [9.17, 15) is 4.79 Å². The number of hydrogen-bond acceptors (Lipinski definition) is 1. The van der Waals surface area contributed by atoms with E-state index in [-0.39, 0.29) is 0 Å². The highest BCUT2D eigenvalue weighted by Crippen LogP contribution is 2.28. The van der Waals surface area contributed by atoms with Gasteiger partial charge in [-0.2, -0.15) is 0 Å². The van der Waals surface area contributed by atoms with Crippen molar-refractivity contribution in [2.75, 3.05) is 0 Å². The van der Waals surface area contributed by atoms with Gasteiger partial charge in [0.2, 0.25) is 0 Å². The second-order valence-electron chi connectivity index (χ2n) is 4.68. The predicted octanol–water partition coefficient (Wildman–Crippen LogP) is 2.93. The van der Waals surface area contributed by atoms with Gasteiger partial charge in [-0.25, -0.2) is 0 Å². The molecule has 0 spiro atoms. The fourth-order valence-electron chi connectivity index (χ4n) is 2.06. The fraction of sp³-hybridized carbons (Fsp3) is 0.700. The molecule has 0 aromatic heterocycles. The Morgan fingerprint density at radius 1 is 1.17 bits per heavy atom. The van der Waals surface area contributed by atoms with E-state index in [0.717, 1.165) is 19.3 Å². The highest BCUT2D eigenvalue weighted by molar-refractivity contribution is 6.87. The lowest BCUT2D eigenvalue weighted by Crippen LogP contribution is -2.32. The SMILES string of the molecule is CC1=C([Si](C)(C)C)C(=O)CCC1. The van der Waals surface area contributed by atoms with E-state index in [1.807, 2.05) is 0 Å². The molecular weight excluding hydrogens is 164 g/mol. The van der Waals surface area contributed by atoms with Crippen LogP contribution in [0.1, 0.15) is 26.2 Å². The second-order valence-corrected chi connectivity index (χ2v) is 9.68. The van der Waals surface area contributed by atoms with Crippen LogP contribution in [0.5, 0.6) is 0 Å². The van der Waals surface area contributed by atoms with Gasteiger partial charge in [0.25, 0.3) is 0 Å². The van der Waals surface area contributed by atoms with Crippen molar-refractivity contribution in [3.05, 3.63) is 10.8 Å². The molecule has 0 saturated carbocycles. The van der Waals surface area contributed by atoms with Gasteiger partial charge in [-0.3, -0.25) is 4.79 Å². The van der Waals surface area contributed by atoms with Gasteiger partial charge >= 0.3 is 0 Å². The Bertz CT molecular complexity index is 233. The first-order valence-electron chi connectivity index (χ1n) is 4.66. The zero-order chi connectivity index (χ0) is 9.35. The van der Waals surface area contributed by atoms with Gasteiger partial charge in [-0.1, -0.05) is 25.2 Å². The lowest BCUT2D eigenvalue weighted by atomic mass is 10.00. The first-order valence-corrected chi connectivity index (χ1v) is 8.16. The molecule has 12 heavy (non-hydrogen) atoms. The monoisotopic (exact) mass is 182 g/mol. The van der Waals surface area contributed by atoms with Crippen LogP contribution in [0.2, 0.25) is 19.6 Å². The van der Waals surface area contributed by atoms with Gasteiger partial charge in [-0.05, 0) is 25.0 Å². The van der Waals surface area contributed by atoms with Gasteiger partial charge in [0.15, 0.2) is 5.78 Å². The zero-order valence-electron chi connectivity index (χ0n) is 8.53. The Morgan fingerprint density at radius 3 is 2.08 bits per heavy atom. The summed E-state index contributed by atoms with van der Waals surface area (Å²) < 4.78 is 0. The molecule has 0 saturated heterocycles. The van der Waals surface area contributed by atoms with Crippen LogP contribution >= 0.6 is 0 Å². The van der Waals surface area contributed by atoms with E-state index in [0.29, 0.717) is 5.78 Å². The number of carbonyl (C=O) groups excluding carboxylic acids is 1. The first-order chi connectivity index (χ1) is 5.43. The summed E-state index contributed by atoms with van der Waals surface area (Å²) in [6.45, 7) is 8.91. The molecule has 2 heteroatoms. The summed E-state index contributed by atoms with van der Waals surface area (Å²) >= 11 is 0. The minimum Gasteiger partial charge on any atom is -0.295 e. The van der Waals surface area contributed by atoms with E-state index in [1.54, 1.807) is 0 Å². The van der Waals surface area contributed by atoms with Crippen LogP contribution in [0, 0.1) is 0 Å². The molecule has 0 unspecified atom stereocenters. The topological polar surface area (TPSA) is 17.1 Å².